The number of β-amino-alcohol motifs (C(OH)–C–C–N with tert-alkyl or cyclic N) is 1. The van der Waals surface area contributed by atoms with Gasteiger partial charge in [-0.15, -0.1) is 0 Å². The number of halogens is 1. The van der Waals surface area contributed by atoms with Gasteiger partial charge in [-0.05, 0) is 26.4 Å². The number of alkyl halides is 1. The Hall–Kier alpha value is -0.150. The van der Waals surface area contributed by atoms with Crippen LogP contribution in [0.4, 0.5) is 4.39 Å². The van der Waals surface area contributed by atoms with Crippen LogP contribution in [0.1, 0.15) is 12.8 Å². The molecule has 60 valence electrons. The fraction of sp³-hybridized carbons (Fsp3) is 1.00. The number of nitrogens with zero attached hydrogens (tertiary/aromatic N) is 1. The Morgan fingerprint density at radius 1 is 1.60 bits per heavy atom. The van der Waals surface area contributed by atoms with Crippen molar-refractivity contribution in [3.8, 4) is 0 Å². The third-order valence-electron chi connectivity index (χ3n) is 1.94. The van der Waals surface area contributed by atoms with E-state index in [1.54, 1.807) is 0 Å². The predicted octanol–water partition coefficient (Wildman–Crippen LogP) is 0.411. The van der Waals surface area contributed by atoms with Crippen molar-refractivity contribution in [2.75, 3.05) is 20.1 Å². The standard InChI is InChI=1S/C7H14FNO/c1-9-4-2-3-6(8)7(10)5-9/h6-7,10H,2-5H2,1H3. The van der Waals surface area contributed by atoms with Gasteiger partial charge in [0.1, 0.15) is 6.17 Å². The van der Waals surface area contributed by atoms with Crippen molar-refractivity contribution >= 4 is 0 Å². The van der Waals surface area contributed by atoms with E-state index in [0.29, 0.717) is 13.0 Å². The normalized spacial score (nSPS) is 37.5. The molecular weight excluding hydrogens is 133 g/mol. The smallest absolute Gasteiger partial charge is 0.127 e. The zero-order valence-corrected chi connectivity index (χ0v) is 6.26. The molecule has 2 atom stereocenters. The summed E-state index contributed by atoms with van der Waals surface area (Å²) >= 11 is 0. The summed E-state index contributed by atoms with van der Waals surface area (Å²) in [5.41, 5.74) is 0. The van der Waals surface area contributed by atoms with Gasteiger partial charge in [-0.2, -0.15) is 0 Å². The number of hydrogen-bond donors (Lipinski definition) is 1. The van der Waals surface area contributed by atoms with Crippen LogP contribution in [0.3, 0.4) is 0 Å². The molecule has 1 saturated heterocycles. The van der Waals surface area contributed by atoms with Gasteiger partial charge in [-0.1, -0.05) is 0 Å². The summed E-state index contributed by atoms with van der Waals surface area (Å²) in [5, 5.41) is 9.11. The molecule has 0 spiro atoms. The molecule has 1 rings (SSSR count). The van der Waals surface area contributed by atoms with Crippen LogP contribution >= 0.6 is 0 Å². The maximum absolute atomic E-state index is 12.7. The first-order valence-electron chi connectivity index (χ1n) is 3.71. The molecule has 2 nitrogen and oxygen atoms in total. The summed E-state index contributed by atoms with van der Waals surface area (Å²) < 4.78 is 12.7. The van der Waals surface area contributed by atoms with E-state index >= 15 is 0 Å². The molecule has 0 aromatic heterocycles. The number of aliphatic hydroxyl groups excluding tert-OH is 1. The number of rotatable bonds is 0. The zero-order chi connectivity index (χ0) is 7.56. The Labute approximate surface area is 60.6 Å². The topological polar surface area (TPSA) is 23.5 Å². The van der Waals surface area contributed by atoms with Crippen LogP contribution in [-0.4, -0.2) is 42.4 Å². The minimum absolute atomic E-state index is 0.473. The second-order valence-corrected chi connectivity index (χ2v) is 2.99. The first-order chi connectivity index (χ1) is 4.70. The molecule has 2 unspecified atom stereocenters. The zero-order valence-electron chi connectivity index (χ0n) is 6.26. The van der Waals surface area contributed by atoms with Crippen LogP contribution < -0.4 is 0 Å². The van der Waals surface area contributed by atoms with Gasteiger partial charge in [0.25, 0.3) is 0 Å². The Bertz CT molecular complexity index is 110. The van der Waals surface area contributed by atoms with Crippen molar-refractivity contribution < 1.29 is 9.50 Å². The lowest BCUT2D eigenvalue weighted by molar-refractivity contribution is 0.0629. The second kappa shape index (κ2) is 3.30. The van der Waals surface area contributed by atoms with Gasteiger partial charge in [0, 0.05) is 6.54 Å². The van der Waals surface area contributed by atoms with E-state index < -0.39 is 12.3 Å². The molecule has 1 aliphatic rings. The summed E-state index contributed by atoms with van der Waals surface area (Å²) in [6.45, 7) is 1.37. The Balaban J connectivity index is 2.41. The molecule has 1 aliphatic heterocycles. The first-order valence-corrected chi connectivity index (χ1v) is 3.71. The minimum atomic E-state index is -1.01. The monoisotopic (exact) mass is 147 g/mol. The highest BCUT2D eigenvalue weighted by atomic mass is 19.1. The highest BCUT2D eigenvalue weighted by Gasteiger charge is 2.22. The average Bonchev–Trinajstić information content (AvgIpc) is 1.96. The van der Waals surface area contributed by atoms with E-state index in [9.17, 15) is 4.39 Å². The Morgan fingerprint density at radius 3 is 3.00 bits per heavy atom. The van der Waals surface area contributed by atoms with Crippen molar-refractivity contribution in [2.24, 2.45) is 0 Å². The van der Waals surface area contributed by atoms with Crippen molar-refractivity contribution in [2.45, 2.75) is 25.1 Å². The minimum Gasteiger partial charge on any atom is -0.389 e. The van der Waals surface area contributed by atoms with Gasteiger partial charge in [0.15, 0.2) is 0 Å². The molecule has 0 aliphatic carbocycles. The van der Waals surface area contributed by atoms with Gasteiger partial charge >= 0.3 is 0 Å². The van der Waals surface area contributed by atoms with Crippen molar-refractivity contribution in [1.82, 2.24) is 4.90 Å². The summed E-state index contributed by atoms with van der Waals surface area (Å²) in [4.78, 5) is 1.96. The average molecular weight is 147 g/mol. The largest absolute Gasteiger partial charge is 0.389 e. The molecule has 0 radical (unpaired) electrons. The van der Waals surface area contributed by atoms with Gasteiger partial charge in [-0.3, -0.25) is 0 Å². The fourth-order valence-electron chi connectivity index (χ4n) is 1.27. The van der Waals surface area contributed by atoms with Gasteiger partial charge < -0.3 is 10.0 Å². The summed E-state index contributed by atoms with van der Waals surface area (Å²) in [7, 11) is 1.90. The molecular formula is C7H14FNO. The van der Waals surface area contributed by atoms with Crippen LogP contribution in [0.25, 0.3) is 0 Å². The van der Waals surface area contributed by atoms with Gasteiger partial charge in [0.2, 0.25) is 0 Å². The SMILES string of the molecule is CN1CCCC(F)C(O)C1. The third-order valence-corrected chi connectivity index (χ3v) is 1.94. The van der Waals surface area contributed by atoms with E-state index in [0.717, 1.165) is 13.0 Å². The molecule has 10 heavy (non-hydrogen) atoms. The lowest BCUT2D eigenvalue weighted by atomic mass is 10.1. The second-order valence-electron chi connectivity index (χ2n) is 2.99. The van der Waals surface area contributed by atoms with Gasteiger partial charge in [0.05, 0.1) is 6.10 Å². The molecule has 0 aromatic carbocycles. The molecule has 3 heteroatoms. The van der Waals surface area contributed by atoms with E-state index in [1.165, 1.54) is 0 Å². The fourth-order valence-corrected chi connectivity index (χ4v) is 1.27. The maximum atomic E-state index is 12.7. The lowest BCUT2D eigenvalue weighted by Gasteiger charge is -2.16. The van der Waals surface area contributed by atoms with Crippen LogP contribution in [0, 0.1) is 0 Å². The molecule has 0 aromatic rings. The van der Waals surface area contributed by atoms with E-state index in [4.69, 9.17) is 5.11 Å². The molecule has 1 N–H and O–H groups in total. The number of likely N-dealkylation sites (N-methyl/N-ethyl adjacent to an activating group) is 1. The van der Waals surface area contributed by atoms with Crippen molar-refractivity contribution in [3.63, 3.8) is 0 Å². The van der Waals surface area contributed by atoms with E-state index in [1.807, 2.05) is 11.9 Å². The van der Waals surface area contributed by atoms with Crippen LogP contribution in [0.15, 0.2) is 0 Å². The van der Waals surface area contributed by atoms with E-state index in [-0.39, 0.29) is 0 Å². The summed E-state index contributed by atoms with van der Waals surface area (Å²) in [6, 6.07) is 0. The van der Waals surface area contributed by atoms with E-state index in [2.05, 4.69) is 0 Å². The molecule has 0 amide bonds. The number of hydrogen-bond acceptors (Lipinski definition) is 2. The third kappa shape index (κ3) is 1.92. The molecule has 1 heterocycles. The highest BCUT2D eigenvalue weighted by molar-refractivity contribution is 4.75. The highest BCUT2D eigenvalue weighted by Crippen LogP contribution is 2.12. The molecule has 1 fully saturated rings. The van der Waals surface area contributed by atoms with Crippen LogP contribution in [0.5, 0.6) is 0 Å². The molecule has 0 saturated carbocycles. The van der Waals surface area contributed by atoms with Crippen molar-refractivity contribution in [1.29, 1.82) is 0 Å². The predicted molar refractivity (Wildman–Crippen MR) is 37.6 cm³/mol. The summed E-state index contributed by atoms with van der Waals surface area (Å²) in [5.74, 6) is 0. The quantitative estimate of drug-likeness (QED) is 0.536. The Kier molecular flexibility index (Phi) is 2.63. The number of aliphatic hydroxyl groups is 1. The summed E-state index contributed by atoms with van der Waals surface area (Å²) in [6.07, 6.45) is -0.419. The van der Waals surface area contributed by atoms with Gasteiger partial charge in [-0.25, -0.2) is 4.39 Å². The first kappa shape index (κ1) is 7.95. The van der Waals surface area contributed by atoms with Crippen molar-refractivity contribution in [3.05, 3.63) is 0 Å². The number of likely N-dealkylation sites (tertiary alicyclic amines) is 1. The Morgan fingerprint density at radius 2 is 2.30 bits per heavy atom. The van der Waals surface area contributed by atoms with Crippen LogP contribution in [-0.2, 0) is 0 Å². The van der Waals surface area contributed by atoms with Crippen LogP contribution in [0.2, 0.25) is 0 Å². The molecule has 0 bridgehead atoms. The maximum Gasteiger partial charge on any atom is 0.127 e. The lowest BCUT2D eigenvalue weighted by Crippen LogP contribution is -2.31.